The van der Waals surface area contributed by atoms with Gasteiger partial charge in [-0.15, -0.1) is 11.3 Å². The number of carbonyl (C=O) groups is 1. The van der Waals surface area contributed by atoms with Crippen molar-refractivity contribution in [1.29, 1.82) is 0 Å². The van der Waals surface area contributed by atoms with Crippen molar-refractivity contribution in [3.63, 3.8) is 0 Å². The lowest BCUT2D eigenvalue weighted by Gasteiger charge is -2.39. The van der Waals surface area contributed by atoms with Crippen molar-refractivity contribution in [1.82, 2.24) is 4.31 Å². The molecule has 0 atom stereocenters. The van der Waals surface area contributed by atoms with Crippen LogP contribution in [0.2, 0.25) is 5.02 Å². The third kappa shape index (κ3) is 3.28. The Hall–Kier alpha value is -2.13. The summed E-state index contributed by atoms with van der Waals surface area (Å²) in [6, 6.07) is 14.7. The molecule has 1 saturated heterocycles. The quantitative estimate of drug-likeness (QED) is 0.557. The minimum atomic E-state index is -3.56. The van der Waals surface area contributed by atoms with Gasteiger partial charge >= 0.3 is 6.09 Å². The molecule has 0 spiro atoms. The lowest BCUT2D eigenvalue weighted by molar-refractivity contribution is 0.136. The highest BCUT2D eigenvalue weighted by atomic mass is 35.5. The number of sulfonamides is 1. The summed E-state index contributed by atoms with van der Waals surface area (Å²) in [5.74, 6) is 0. The molecular weight excluding hydrogens is 444 g/mol. The summed E-state index contributed by atoms with van der Waals surface area (Å²) in [6.07, 6.45) is 0.659. The van der Waals surface area contributed by atoms with E-state index in [0.717, 1.165) is 21.3 Å². The lowest BCUT2D eigenvalue weighted by Crippen LogP contribution is -2.50. The smallest absolute Gasteiger partial charge is 0.414 e. The van der Waals surface area contributed by atoms with E-state index < -0.39 is 16.1 Å². The van der Waals surface area contributed by atoms with Gasteiger partial charge < -0.3 is 4.74 Å². The maximum absolute atomic E-state index is 13.2. The number of hydrogen-bond donors (Lipinski definition) is 0. The number of carbonyl (C=O) groups excluding carboxylic acids is 1. The molecule has 0 unspecified atom stereocenters. The van der Waals surface area contributed by atoms with Gasteiger partial charge in [-0.3, -0.25) is 4.90 Å². The highest BCUT2D eigenvalue weighted by Gasteiger charge is 2.38. The Bertz CT molecular complexity index is 1200. The summed E-state index contributed by atoms with van der Waals surface area (Å²) in [4.78, 5) is 14.1. The zero-order valence-electron chi connectivity index (χ0n) is 16.0. The van der Waals surface area contributed by atoms with Crippen LogP contribution in [0, 0.1) is 0 Å². The van der Waals surface area contributed by atoms with Gasteiger partial charge in [0.25, 0.3) is 10.0 Å². The van der Waals surface area contributed by atoms with Crippen molar-refractivity contribution < 1.29 is 17.9 Å². The predicted octanol–water partition coefficient (Wildman–Crippen LogP) is 4.86. The van der Waals surface area contributed by atoms with Crippen LogP contribution in [-0.4, -0.2) is 37.9 Å². The second kappa shape index (κ2) is 7.53. The highest BCUT2D eigenvalue weighted by Crippen LogP contribution is 2.37. The van der Waals surface area contributed by atoms with Crippen molar-refractivity contribution in [2.24, 2.45) is 0 Å². The van der Waals surface area contributed by atoms with E-state index in [-0.39, 0.29) is 12.6 Å². The maximum atomic E-state index is 13.2. The third-order valence-corrected chi connectivity index (χ3v) is 9.49. The molecule has 3 heterocycles. The summed E-state index contributed by atoms with van der Waals surface area (Å²) < 4.78 is 34.5. The van der Waals surface area contributed by atoms with E-state index >= 15 is 0 Å². The Morgan fingerprint density at radius 1 is 1.07 bits per heavy atom. The predicted molar refractivity (Wildman–Crippen MR) is 118 cm³/mol. The third-order valence-electron chi connectivity index (χ3n) is 5.68. The van der Waals surface area contributed by atoms with E-state index in [2.05, 4.69) is 0 Å². The first-order valence-electron chi connectivity index (χ1n) is 9.67. The molecule has 0 saturated carbocycles. The maximum Gasteiger partial charge on any atom is 0.414 e. The standard InChI is InChI=1S/C21H19ClN2O4S2/c22-17-5-3-6-18-16(17)13-28-21(25)24(18)15-8-10-23(11-9-15)30(26,27)20-12-14-4-1-2-7-19(14)29-20/h1-7,12,15H,8-11,13H2. The number of fused-ring (bicyclic) bond motifs is 2. The first-order chi connectivity index (χ1) is 14.4. The van der Waals surface area contributed by atoms with Gasteiger partial charge in [-0.25, -0.2) is 13.2 Å². The average molecular weight is 463 g/mol. The normalized spacial score (nSPS) is 18.4. The second-order valence-electron chi connectivity index (χ2n) is 7.40. The fourth-order valence-electron chi connectivity index (χ4n) is 4.12. The fraction of sp³-hybridized carbons (Fsp3) is 0.286. The first kappa shape index (κ1) is 19.8. The van der Waals surface area contributed by atoms with E-state index in [1.165, 1.54) is 15.6 Å². The number of thiophene rings is 1. The zero-order valence-corrected chi connectivity index (χ0v) is 18.3. The van der Waals surface area contributed by atoms with Gasteiger partial charge in [0.2, 0.25) is 0 Å². The van der Waals surface area contributed by atoms with Crippen LogP contribution < -0.4 is 4.90 Å². The monoisotopic (exact) mass is 462 g/mol. The number of anilines is 1. The largest absolute Gasteiger partial charge is 0.444 e. The summed E-state index contributed by atoms with van der Waals surface area (Å²) in [7, 11) is -3.56. The number of ether oxygens (including phenoxy) is 1. The molecule has 2 aliphatic heterocycles. The van der Waals surface area contributed by atoms with Crippen LogP contribution in [0.1, 0.15) is 18.4 Å². The average Bonchev–Trinajstić information content (AvgIpc) is 3.19. The summed E-state index contributed by atoms with van der Waals surface area (Å²) in [5, 5.41) is 1.50. The number of halogens is 1. The molecule has 2 aliphatic rings. The molecule has 0 N–H and O–H groups in total. The number of piperidine rings is 1. The van der Waals surface area contributed by atoms with Gasteiger partial charge in [0.05, 0.1) is 5.69 Å². The van der Waals surface area contributed by atoms with Gasteiger partial charge in [0.15, 0.2) is 0 Å². The molecule has 0 bridgehead atoms. The molecule has 6 nitrogen and oxygen atoms in total. The van der Waals surface area contributed by atoms with Gasteiger partial charge in [-0.2, -0.15) is 4.31 Å². The fourth-order valence-corrected chi connectivity index (χ4v) is 7.36. The van der Waals surface area contributed by atoms with Crippen LogP contribution in [0.5, 0.6) is 0 Å². The van der Waals surface area contributed by atoms with E-state index in [1.54, 1.807) is 17.0 Å². The minimum Gasteiger partial charge on any atom is -0.444 e. The summed E-state index contributed by atoms with van der Waals surface area (Å²) in [5.41, 5.74) is 1.55. The second-order valence-corrected chi connectivity index (χ2v) is 11.1. The van der Waals surface area contributed by atoms with E-state index in [4.69, 9.17) is 16.3 Å². The minimum absolute atomic E-state index is 0.135. The summed E-state index contributed by atoms with van der Waals surface area (Å²) >= 11 is 7.56. The molecule has 156 valence electrons. The Kier molecular flexibility index (Phi) is 4.97. The summed E-state index contributed by atoms with van der Waals surface area (Å²) in [6.45, 7) is 0.853. The van der Waals surface area contributed by atoms with Gasteiger partial charge in [0.1, 0.15) is 10.8 Å². The van der Waals surface area contributed by atoms with Crippen molar-refractivity contribution in [2.45, 2.75) is 29.7 Å². The molecule has 0 radical (unpaired) electrons. The van der Waals surface area contributed by atoms with Crippen LogP contribution in [0.15, 0.2) is 52.7 Å². The van der Waals surface area contributed by atoms with E-state index in [9.17, 15) is 13.2 Å². The van der Waals surface area contributed by atoms with Gasteiger partial charge in [0, 0.05) is 34.4 Å². The Balaban J connectivity index is 1.37. The molecule has 2 aromatic carbocycles. The van der Waals surface area contributed by atoms with Crippen molar-refractivity contribution in [3.8, 4) is 0 Å². The highest BCUT2D eigenvalue weighted by molar-refractivity contribution is 7.91. The molecule has 9 heteroatoms. The number of benzene rings is 2. The van der Waals surface area contributed by atoms with Crippen LogP contribution in [-0.2, 0) is 21.4 Å². The number of nitrogens with zero attached hydrogens (tertiary/aromatic N) is 2. The number of rotatable bonds is 3. The molecule has 1 fully saturated rings. The molecule has 3 aromatic rings. The van der Waals surface area contributed by atoms with Crippen LogP contribution in [0.4, 0.5) is 10.5 Å². The van der Waals surface area contributed by atoms with Crippen molar-refractivity contribution in [2.75, 3.05) is 18.0 Å². The lowest BCUT2D eigenvalue weighted by atomic mass is 10.0. The van der Waals surface area contributed by atoms with Gasteiger partial charge in [-0.1, -0.05) is 35.9 Å². The molecular formula is C21H19ClN2O4S2. The molecule has 5 rings (SSSR count). The number of hydrogen-bond acceptors (Lipinski definition) is 5. The first-order valence-corrected chi connectivity index (χ1v) is 12.3. The van der Waals surface area contributed by atoms with Crippen molar-refractivity contribution in [3.05, 3.63) is 59.1 Å². The molecule has 0 aliphatic carbocycles. The SMILES string of the molecule is O=C1OCc2c(Cl)cccc2N1C1CCN(S(=O)(=O)c2cc3ccccc3s2)CC1. The van der Waals surface area contributed by atoms with Crippen LogP contribution in [0.3, 0.4) is 0 Å². The number of amides is 1. The van der Waals surface area contributed by atoms with E-state index in [0.29, 0.717) is 35.2 Å². The topological polar surface area (TPSA) is 66.9 Å². The Morgan fingerprint density at radius 3 is 2.60 bits per heavy atom. The number of cyclic esters (lactones) is 1. The molecule has 30 heavy (non-hydrogen) atoms. The Labute approximate surface area is 183 Å². The van der Waals surface area contributed by atoms with Gasteiger partial charge in [-0.05, 0) is 42.5 Å². The van der Waals surface area contributed by atoms with Crippen molar-refractivity contribution >= 4 is 54.8 Å². The zero-order chi connectivity index (χ0) is 20.9. The molecule has 1 aromatic heterocycles. The Morgan fingerprint density at radius 2 is 1.83 bits per heavy atom. The van der Waals surface area contributed by atoms with E-state index in [1.807, 2.05) is 36.4 Å². The van der Waals surface area contributed by atoms with Crippen LogP contribution >= 0.6 is 22.9 Å². The van der Waals surface area contributed by atoms with Crippen LogP contribution in [0.25, 0.3) is 10.1 Å². The molecule has 1 amide bonds.